The highest BCUT2D eigenvalue weighted by Gasteiger charge is 2.40. The van der Waals surface area contributed by atoms with E-state index in [-0.39, 0.29) is 17.0 Å². The zero-order valence-electron chi connectivity index (χ0n) is 17.2. The number of sulfonamides is 1. The van der Waals surface area contributed by atoms with Gasteiger partial charge in [-0.1, -0.05) is 57.5 Å². The third-order valence-corrected chi connectivity index (χ3v) is 7.83. The lowest BCUT2D eigenvalue weighted by Crippen LogP contribution is -2.39. The summed E-state index contributed by atoms with van der Waals surface area (Å²) in [5, 5.41) is 3.79. The molecule has 0 saturated carbocycles. The number of hydrogen-bond acceptors (Lipinski definition) is 4. The fraction of sp³-hybridized carbons (Fsp3) is 0.571. The average Bonchev–Trinajstić information content (AvgIpc) is 3.33. The zero-order valence-corrected chi connectivity index (χ0v) is 18.1. The second-order valence-corrected chi connectivity index (χ2v) is 9.98. The average molecular weight is 405 g/mol. The van der Waals surface area contributed by atoms with Crippen LogP contribution in [0.2, 0.25) is 0 Å². The first kappa shape index (κ1) is 21.0. The van der Waals surface area contributed by atoms with Crippen molar-refractivity contribution < 1.29 is 8.42 Å². The molecule has 1 aromatic heterocycles. The largest absolute Gasteiger partial charge is 0.339 e. The number of imidazole rings is 1. The molecule has 1 N–H and O–H groups in total. The zero-order chi connectivity index (χ0) is 20.3. The molecule has 7 heteroatoms. The van der Waals surface area contributed by atoms with Gasteiger partial charge >= 0.3 is 0 Å². The molecule has 0 spiro atoms. The summed E-state index contributed by atoms with van der Waals surface area (Å²) in [6.45, 7) is 8.57. The van der Waals surface area contributed by atoms with Crippen LogP contribution in [-0.4, -0.2) is 48.0 Å². The molecule has 1 saturated heterocycles. The predicted molar refractivity (Wildman–Crippen MR) is 112 cm³/mol. The molecule has 0 radical (unpaired) electrons. The number of aryl methyl sites for hydroxylation is 1. The van der Waals surface area contributed by atoms with E-state index >= 15 is 0 Å². The van der Waals surface area contributed by atoms with Gasteiger partial charge in [0.05, 0.1) is 6.33 Å². The van der Waals surface area contributed by atoms with Crippen molar-refractivity contribution in [3.05, 3.63) is 48.4 Å². The van der Waals surface area contributed by atoms with Crippen LogP contribution in [0.15, 0.2) is 47.9 Å². The molecule has 2 heterocycles. The first-order valence-corrected chi connectivity index (χ1v) is 11.5. The number of nitrogens with one attached hydrogen (secondary N) is 1. The lowest BCUT2D eigenvalue weighted by atomic mass is 9.91. The number of aromatic nitrogens is 2. The number of rotatable bonds is 8. The van der Waals surface area contributed by atoms with E-state index in [1.807, 2.05) is 18.2 Å². The van der Waals surface area contributed by atoms with Crippen molar-refractivity contribution in [2.75, 3.05) is 19.6 Å². The van der Waals surface area contributed by atoms with Gasteiger partial charge in [-0.05, 0) is 23.9 Å². The molecule has 1 fully saturated rings. The molecular weight excluding hydrogens is 372 g/mol. The number of nitrogens with zero attached hydrogens (tertiary/aromatic N) is 3. The van der Waals surface area contributed by atoms with Crippen molar-refractivity contribution in [2.24, 2.45) is 18.9 Å². The van der Waals surface area contributed by atoms with Crippen molar-refractivity contribution >= 4 is 10.0 Å². The van der Waals surface area contributed by atoms with Crippen LogP contribution in [-0.2, 0) is 17.1 Å². The van der Waals surface area contributed by atoms with Gasteiger partial charge in [0.15, 0.2) is 5.03 Å². The van der Waals surface area contributed by atoms with Crippen LogP contribution in [0.3, 0.4) is 0 Å². The molecule has 2 aromatic rings. The molecular formula is C21H32N4O2S. The van der Waals surface area contributed by atoms with Crippen LogP contribution < -0.4 is 5.32 Å². The first-order chi connectivity index (χ1) is 13.3. The summed E-state index contributed by atoms with van der Waals surface area (Å²) in [6, 6.07) is 10.3. The fourth-order valence-corrected chi connectivity index (χ4v) is 5.26. The van der Waals surface area contributed by atoms with E-state index in [1.54, 1.807) is 22.1 Å². The molecule has 0 bridgehead atoms. The van der Waals surface area contributed by atoms with Gasteiger partial charge in [-0.15, -0.1) is 0 Å². The summed E-state index contributed by atoms with van der Waals surface area (Å²) in [4.78, 5) is 4.08. The predicted octanol–water partition coefficient (Wildman–Crippen LogP) is 2.85. The molecule has 154 valence electrons. The van der Waals surface area contributed by atoms with Crippen molar-refractivity contribution in [3.63, 3.8) is 0 Å². The minimum atomic E-state index is -3.59. The van der Waals surface area contributed by atoms with Gasteiger partial charge in [-0.25, -0.2) is 13.4 Å². The minimum absolute atomic E-state index is 0.0902. The van der Waals surface area contributed by atoms with E-state index < -0.39 is 10.0 Å². The second kappa shape index (κ2) is 8.76. The van der Waals surface area contributed by atoms with Gasteiger partial charge in [-0.2, -0.15) is 4.31 Å². The Kier molecular flexibility index (Phi) is 6.58. The molecule has 4 atom stereocenters. The molecule has 2 unspecified atom stereocenters. The molecule has 28 heavy (non-hydrogen) atoms. The van der Waals surface area contributed by atoms with E-state index in [0.717, 1.165) is 13.0 Å². The van der Waals surface area contributed by atoms with E-state index in [2.05, 4.69) is 43.2 Å². The summed E-state index contributed by atoms with van der Waals surface area (Å²) in [5.41, 5.74) is 1.18. The Morgan fingerprint density at radius 3 is 2.50 bits per heavy atom. The van der Waals surface area contributed by atoms with Crippen LogP contribution in [0.1, 0.15) is 38.7 Å². The lowest BCUT2D eigenvalue weighted by Gasteiger charge is -2.25. The van der Waals surface area contributed by atoms with Gasteiger partial charge < -0.3 is 9.88 Å². The maximum absolute atomic E-state index is 13.1. The maximum atomic E-state index is 13.1. The monoisotopic (exact) mass is 404 g/mol. The topological polar surface area (TPSA) is 67.2 Å². The van der Waals surface area contributed by atoms with E-state index in [9.17, 15) is 8.42 Å². The normalized spacial score (nSPS) is 23.0. The Bertz CT molecular complexity index is 866. The van der Waals surface area contributed by atoms with Crippen molar-refractivity contribution in [3.8, 4) is 0 Å². The SMILES string of the molecule is CCC(C)C(C)CN[C@H]1CN(S(=O)(=O)c2cn(C)cn2)C[C@@H]1c1ccccc1. The summed E-state index contributed by atoms with van der Waals surface area (Å²) in [6.07, 6.45) is 4.25. The third kappa shape index (κ3) is 4.47. The van der Waals surface area contributed by atoms with Gasteiger partial charge in [0.2, 0.25) is 0 Å². The van der Waals surface area contributed by atoms with Crippen molar-refractivity contribution in [2.45, 2.75) is 44.2 Å². The molecule has 1 aliphatic rings. The number of benzene rings is 1. The standard InChI is InChI=1S/C21H32N4O2S/c1-5-16(2)17(3)11-22-20-13-25(12-19(20)18-9-7-6-8-10-18)28(26,27)21-14-24(4)15-23-21/h6-10,14-17,19-20,22H,5,11-13H2,1-4H3/t16?,17?,19-,20+/m1/s1. The van der Waals surface area contributed by atoms with Gasteiger partial charge in [0.25, 0.3) is 10.0 Å². The summed E-state index contributed by atoms with van der Waals surface area (Å²) < 4.78 is 29.4. The van der Waals surface area contributed by atoms with Crippen LogP contribution in [0.25, 0.3) is 0 Å². The quantitative estimate of drug-likeness (QED) is 0.735. The second-order valence-electron chi connectivity index (χ2n) is 8.09. The van der Waals surface area contributed by atoms with E-state index in [0.29, 0.717) is 24.9 Å². The lowest BCUT2D eigenvalue weighted by molar-refractivity contribution is 0.335. The van der Waals surface area contributed by atoms with Crippen molar-refractivity contribution in [1.82, 2.24) is 19.2 Å². The smallest absolute Gasteiger partial charge is 0.262 e. The van der Waals surface area contributed by atoms with Gasteiger partial charge in [0.1, 0.15) is 0 Å². The number of hydrogen-bond donors (Lipinski definition) is 1. The summed E-state index contributed by atoms with van der Waals surface area (Å²) in [7, 11) is -1.81. The van der Waals surface area contributed by atoms with Crippen LogP contribution >= 0.6 is 0 Å². The Morgan fingerprint density at radius 1 is 1.18 bits per heavy atom. The van der Waals surface area contributed by atoms with Crippen LogP contribution in [0.4, 0.5) is 0 Å². The van der Waals surface area contributed by atoms with Crippen molar-refractivity contribution in [1.29, 1.82) is 0 Å². The molecule has 0 amide bonds. The van der Waals surface area contributed by atoms with E-state index in [1.165, 1.54) is 11.9 Å². The summed E-state index contributed by atoms with van der Waals surface area (Å²) in [5.74, 6) is 1.31. The highest BCUT2D eigenvalue weighted by Crippen LogP contribution is 2.31. The minimum Gasteiger partial charge on any atom is -0.339 e. The molecule has 1 aliphatic heterocycles. The first-order valence-electron chi connectivity index (χ1n) is 10.1. The Balaban J connectivity index is 1.80. The maximum Gasteiger partial charge on any atom is 0.262 e. The van der Waals surface area contributed by atoms with Gasteiger partial charge in [0, 0.05) is 38.3 Å². The van der Waals surface area contributed by atoms with Crippen LogP contribution in [0.5, 0.6) is 0 Å². The highest BCUT2D eigenvalue weighted by molar-refractivity contribution is 7.89. The Hall–Kier alpha value is -1.70. The highest BCUT2D eigenvalue weighted by atomic mass is 32.2. The molecule has 0 aliphatic carbocycles. The third-order valence-electron chi connectivity index (χ3n) is 6.12. The molecule has 1 aromatic carbocycles. The molecule has 6 nitrogen and oxygen atoms in total. The van der Waals surface area contributed by atoms with Gasteiger partial charge in [-0.3, -0.25) is 0 Å². The summed E-state index contributed by atoms with van der Waals surface area (Å²) >= 11 is 0. The molecule has 3 rings (SSSR count). The fourth-order valence-electron chi connectivity index (χ4n) is 3.80. The van der Waals surface area contributed by atoms with E-state index in [4.69, 9.17) is 0 Å². The Labute approximate surface area is 169 Å². The van der Waals surface area contributed by atoms with Crippen LogP contribution in [0, 0.1) is 11.8 Å². The Morgan fingerprint density at radius 2 is 1.89 bits per heavy atom.